The number of carbonyl (C=O) groups is 1. The summed E-state index contributed by atoms with van der Waals surface area (Å²) in [6.45, 7) is 7.39. The molecule has 14 heteroatoms. The van der Waals surface area contributed by atoms with Gasteiger partial charge in [0.15, 0.2) is 0 Å². The first-order valence-electron chi connectivity index (χ1n) is 14.2. The number of aromatic nitrogens is 5. The van der Waals surface area contributed by atoms with Crippen molar-refractivity contribution >= 4 is 38.4 Å². The Hall–Kier alpha value is -4.98. The number of rotatable bonds is 11. The van der Waals surface area contributed by atoms with Crippen molar-refractivity contribution in [2.45, 2.75) is 52.9 Å². The van der Waals surface area contributed by atoms with Gasteiger partial charge in [-0.1, -0.05) is 18.2 Å². The maximum absolute atomic E-state index is 13.4. The quantitative estimate of drug-likeness (QED) is 0.164. The Bertz CT molecular complexity index is 1950. The number of pyridine rings is 1. The number of fused-ring (bicyclic) bond motifs is 1. The fraction of sp³-hybridized carbons (Fsp3) is 0.290. The highest BCUT2D eigenvalue weighted by Crippen LogP contribution is 2.38. The number of H-pyrrole nitrogens is 1. The number of hydrogen-bond acceptors (Lipinski definition) is 9. The van der Waals surface area contributed by atoms with E-state index in [0.29, 0.717) is 39.8 Å². The highest BCUT2D eigenvalue weighted by atomic mass is 32.2. The van der Waals surface area contributed by atoms with Crippen LogP contribution in [0.5, 0.6) is 5.75 Å². The van der Waals surface area contributed by atoms with Gasteiger partial charge in [0, 0.05) is 29.1 Å². The van der Waals surface area contributed by atoms with Crippen LogP contribution in [0, 0.1) is 5.82 Å². The van der Waals surface area contributed by atoms with Gasteiger partial charge in [-0.15, -0.1) is 0 Å². The number of esters is 1. The van der Waals surface area contributed by atoms with Gasteiger partial charge < -0.3 is 15.2 Å². The zero-order chi connectivity index (χ0) is 32.4. The first kappa shape index (κ1) is 31.4. The largest absolute Gasteiger partial charge is 0.487 e. The van der Waals surface area contributed by atoms with Gasteiger partial charge in [0.1, 0.15) is 35.3 Å². The lowest BCUT2D eigenvalue weighted by Crippen LogP contribution is -2.24. The Morgan fingerprint density at radius 3 is 2.58 bits per heavy atom. The third kappa shape index (κ3) is 7.58. The minimum absolute atomic E-state index is 0.0671. The molecule has 0 amide bonds. The minimum Gasteiger partial charge on any atom is -0.487 e. The monoisotopic (exact) mass is 635 g/mol. The lowest BCUT2D eigenvalue weighted by Gasteiger charge is -2.19. The van der Waals surface area contributed by atoms with Crippen molar-refractivity contribution in [3.8, 4) is 28.1 Å². The molecule has 3 aromatic heterocycles. The SMILES string of the molecule is CCS(=O)(=O)Nc1ccc(-c2n[nH]c3c(-c4cnn(CCC(=O)OC(C)(C)C)c4)cnc(N)c23)cc1OCc1ccc(F)cc1. The van der Waals surface area contributed by atoms with Gasteiger partial charge in [0.05, 0.1) is 41.5 Å². The molecule has 2 aromatic carbocycles. The summed E-state index contributed by atoms with van der Waals surface area (Å²) < 4.78 is 53.8. The molecule has 0 spiro atoms. The standard InChI is InChI=1S/C31H34FN7O5S/c1-5-45(41,42)38-24-11-8-20(14-25(24)43-18-19-6-9-22(32)10-7-19)28-27-29(37-36-28)23(16-34-30(27)33)21-15-35-39(17-21)13-12-26(40)44-31(2,3)4/h6-11,14-17,38H,5,12-13,18H2,1-4H3,(H2,33,34)(H,36,37). The highest BCUT2D eigenvalue weighted by molar-refractivity contribution is 7.92. The number of nitrogen functional groups attached to an aromatic ring is 1. The summed E-state index contributed by atoms with van der Waals surface area (Å²) in [6, 6.07) is 10.8. The molecule has 3 heterocycles. The van der Waals surface area contributed by atoms with Crippen molar-refractivity contribution in [2.75, 3.05) is 16.2 Å². The van der Waals surface area contributed by atoms with Crippen molar-refractivity contribution in [1.82, 2.24) is 25.0 Å². The zero-order valence-electron chi connectivity index (χ0n) is 25.3. The van der Waals surface area contributed by atoms with Crippen molar-refractivity contribution in [3.05, 3.63) is 72.4 Å². The van der Waals surface area contributed by atoms with Gasteiger partial charge in [0.2, 0.25) is 10.0 Å². The predicted octanol–water partition coefficient (Wildman–Crippen LogP) is 5.28. The number of hydrogen-bond donors (Lipinski definition) is 3. The van der Waals surface area contributed by atoms with E-state index in [1.807, 2.05) is 20.8 Å². The molecule has 0 aliphatic carbocycles. The van der Waals surface area contributed by atoms with Crippen LogP contribution in [0.2, 0.25) is 0 Å². The molecule has 236 valence electrons. The summed E-state index contributed by atoms with van der Waals surface area (Å²) in [4.78, 5) is 16.6. The van der Waals surface area contributed by atoms with Crippen LogP contribution >= 0.6 is 0 Å². The number of nitrogens with zero attached hydrogens (tertiary/aromatic N) is 4. The lowest BCUT2D eigenvalue weighted by atomic mass is 10.0. The average Bonchev–Trinajstić information content (AvgIpc) is 3.64. The molecule has 0 aliphatic rings. The zero-order valence-corrected chi connectivity index (χ0v) is 26.1. The summed E-state index contributed by atoms with van der Waals surface area (Å²) in [5.41, 5.74) is 9.84. The van der Waals surface area contributed by atoms with E-state index in [0.717, 1.165) is 5.56 Å². The molecule has 0 bridgehead atoms. The number of benzene rings is 2. The Morgan fingerprint density at radius 2 is 1.87 bits per heavy atom. The number of aryl methyl sites for hydroxylation is 1. The second kappa shape index (κ2) is 12.6. The molecule has 12 nitrogen and oxygen atoms in total. The summed E-state index contributed by atoms with van der Waals surface area (Å²) in [7, 11) is -3.61. The van der Waals surface area contributed by atoms with E-state index in [2.05, 4.69) is 25.0 Å². The third-order valence-corrected chi connectivity index (χ3v) is 8.03. The molecule has 45 heavy (non-hydrogen) atoms. The molecule has 0 aliphatic heterocycles. The fourth-order valence-corrected chi connectivity index (χ4v) is 5.20. The molecule has 5 aromatic rings. The normalized spacial score (nSPS) is 11.9. The minimum atomic E-state index is -3.61. The average molecular weight is 636 g/mol. The van der Waals surface area contributed by atoms with Crippen molar-refractivity contribution in [2.24, 2.45) is 0 Å². The van der Waals surface area contributed by atoms with Gasteiger partial charge in [0.25, 0.3) is 0 Å². The number of ether oxygens (including phenoxy) is 2. The maximum atomic E-state index is 13.4. The van der Waals surface area contributed by atoms with Crippen LogP contribution in [-0.4, -0.2) is 50.7 Å². The van der Waals surface area contributed by atoms with E-state index < -0.39 is 15.6 Å². The van der Waals surface area contributed by atoms with E-state index >= 15 is 0 Å². The van der Waals surface area contributed by atoms with E-state index in [1.165, 1.54) is 19.1 Å². The Kier molecular flexibility index (Phi) is 8.77. The number of nitrogens with two attached hydrogens (primary N) is 1. The second-order valence-electron chi connectivity index (χ2n) is 11.3. The molecule has 0 saturated heterocycles. The Morgan fingerprint density at radius 1 is 1.11 bits per heavy atom. The summed E-state index contributed by atoms with van der Waals surface area (Å²) in [6.07, 6.45) is 5.25. The summed E-state index contributed by atoms with van der Waals surface area (Å²) in [5.74, 6) is -0.331. The van der Waals surface area contributed by atoms with Crippen LogP contribution in [0.3, 0.4) is 0 Å². The molecular formula is C31H34FN7O5S. The van der Waals surface area contributed by atoms with Gasteiger partial charge in [-0.05, 0) is 57.5 Å². The molecule has 4 N–H and O–H groups in total. The number of sulfonamides is 1. The predicted molar refractivity (Wildman–Crippen MR) is 169 cm³/mol. The molecule has 0 radical (unpaired) electrons. The third-order valence-electron chi connectivity index (χ3n) is 6.74. The van der Waals surface area contributed by atoms with Crippen LogP contribution in [0.1, 0.15) is 39.7 Å². The van der Waals surface area contributed by atoms with Crippen molar-refractivity contribution < 1.29 is 27.1 Å². The first-order valence-corrected chi connectivity index (χ1v) is 15.9. The number of nitrogens with one attached hydrogen (secondary N) is 2. The summed E-state index contributed by atoms with van der Waals surface area (Å²) >= 11 is 0. The molecule has 0 saturated carbocycles. The fourth-order valence-electron chi connectivity index (χ4n) is 4.56. The summed E-state index contributed by atoms with van der Waals surface area (Å²) in [5, 5.41) is 12.5. The Labute approximate surface area is 259 Å². The molecular weight excluding hydrogens is 601 g/mol. The van der Waals surface area contributed by atoms with Gasteiger partial charge in [-0.3, -0.25) is 19.3 Å². The second-order valence-corrected chi connectivity index (χ2v) is 13.4. The lowest BCUT2D eigenvalue weighted by molar-refractivity contribution is -0.155. The topological polar surface area (TPSA) is 167 Å². The number of halogens is 1. The van der Waals surface area contributed by atoms with E-state index in [9.17, 15) is 17.6 Å². The maximum Gasteiger partial charge on any atom is 0.308 e. The molecule has 5 rings (SSSR count). The number of anilines is 2. The van der Waals surface area contributed by atoms with Gasteiger partial charge >= 0.3 is 5.97 Å². The first-order chi connectivity index (χ1) is 21.3. The smallest absolute Gasteiger partial charge is 0.308 e. The van der Waals surface area contributed by atoms with E-state index in [1.54, 1.807) is 53.6 Å². The number of carbonyl (C=O) groups excluding carboxylic acids is 1. The van der Waals surface area contributed by atoms with Crippen LogP contribution in [-0.2, 0) is 32.7 Å². The number of aromatic amines is 1. The van der Waals surface area contributed by atoms with Gasteiger partial charge in [-0.25, -0.2) is 17.8 Å². The van der Waals surface area contributed by atoms with E-state index in [-0.39, 0.29) is 47.8 Å². The van der Waals surface area contributed by atoms with Crippen LogP contribution in [0.25, 0.3) is 33.3 Å². The molecule has 0 fully saturated rings. The van der Waals surface area contributed by atoms with Crippen molar-refractivity contribution in [1.29, 1.82) is 0 Å². The van der Waals surface area contributed by atoms with Crippen LogP contribution in [0.4, 0.5) is 15.9 Å². The van der Waals surface area contributed by atoms with Crippen LogP contribution < -0.4 is 15.2 Å². The molecule has 0 unspecified atom stereocenters. The van der Waals surface area contributed by atoms with Gasteiger partial charge in [-0.2, -0.15) is 10.2 Å². The molecule has 0 atom stereocenters. The van der Waals surface area contributed by atoms with Crippen molar-refractivity contribution in [3.63, 3.8) is 0 Å². The van der Waals surface area contributed by atoms with Crippen LogP contribution in [0.15, 0.2) is 61.1 Å². The Balaban J connectivity index is 1.46. The van der Waals surface area contributed by atoms with E-state index in [4.69, 9.17) is 15.2 Å². The highest BCUT2D eigenvalue weighted by Gasteiger charge is 2.20.